The van der Waals surface area contributed by atoms with Crippen LogP contribution >= 0.6 is 0 Å². The number of benzene rings is 2. The number of alkyl halides is 3. The van der Waals surface area contributed by atoms with Gasteiger partial charge in [0.2, 0.25) is 0 Å². The number of carbonyl (C=O) groups is 1. The number of anilines is 1. The Kier molecular flexibility index (Phi) is 5.80. The van der Waals surface area contributed by atoms with Crippen LogP contribution in [0.25, 0.3) is 16.9 Å². The molecule has 3 heterocycles. The van der Waals surface area contributed by atoms with Gasteiger partial charge in [-0.3, -0.25) is 4.79 Å². The predicted molar refractivity (Wildman–Crippen MR) is 125 cm³/mol. The molecule has 1 saturated heterocycles. The van der Waals surface area contributed by atoms with Crippen molar-refractivity contribution in [2.24, 2.45) is 0 Å². The zero-order valence-corrected chi connectivity index (χ0v) is 18.9. The Morgan fingerprint density at radius 1 is 0.971 bits per heavy atom. The van der Waals surface area contributed by atoms with Gasteiger partial charge in [0, 0.05) is 31.7 Å². The van der Waals surface area contributed by atoms with Gasteiger partial charge in [-0.25, -0.2) is 9.50 Å². The van der Waals surface area contributed by atoms with E-state index in [-0.39, 0.29) is 16.9 Å². The van der Waals surface area contributed by atoms with Crippen molar-refractivity contribution in [3.05, 3.63) is 78.1 Å². The Morgan fingerprint density at radius 2 is 1.66 bits per heavy atom. The second-order valence-corrected chi connectivity index (χ2v) is 8.14. The molecule has 0 saturated carbocycles. The third-order valence-corrected chi connectivity index (χ3v) is 6.05. The topological polar surface area (TPSA) is 63.0 Å². The standard InChI is InChI=1S/C25H22F3N5O2/c1-35-21-10-6-5-9-20(21)31-11-13-32(14-12-31)24(34)18-16-29-33-22(25(26,27)28)15-19(30-23(18)33)17-7-3-2-4-8-17/h2-10,15-16H,11-14H2,1H3. The molecule has 0 unspecified atom stereocenters. The fraction of sp³-hybridized carbons (Fsp3) is 0.240. The number of fused-ring (bicyclic) bond motifs is 1. The van der Waals surface area contributed by atoms with Gasteiger partial charge in [0.1, 0.15) is 11.3 Å². The van der Waals surface area contributed by atoms with Gasteiger partial charge in [-0.1, -0.05) is 42.5 Å². The monoisotopic (exact) mass is 481 g/mol. The van der Waals surface area contributed by atoms with E-state index in [1.807, 2.05) is 24.3 Å². The van der Waals surface area contributed by atoms with Crippen LogP contribution in [0.5, 0.6) is 5.75 Å². The summed E-state index contributed by atoms with van der Waals surface area (Å²) in [4.78, 5) is 21.5. The van der Waals surface area contributed by atoms with Gasteiger partial charge in [-0.2, -0.15) is 18.3 Å². The number of ether oxygens (including phenoxy) is 1. The molecule has 0 spiro atoms. The largest absolute Gasteiger partial charge is 0.495 e. The highest BCUT2D eigenvalue weighted by Gasteiger charge is 2.36. The Morgan fingerprint density at radius 3 is 2.34 bits per heavy atom. The van der Waals surface area contributed by atoms with Crippen LogP contribution in [0.1, 0.15) is 16.1 Å². The van der Waals surface area contributed by atoms with Crippen molar-refractivity contribution < 1.29 is 22.7 Å². The van der Waals surface area contributed by atoms with Crippen molar-refractivity contribution in [3.63, 3.8) is 0 Å². The summed E-state index contributed by atoms with van der Waals surface area (Å²) in [7, 11) is 1.61. The van der Waals surface area contributed by atoms with E-state index in [0.717, 1.165) is 17.5 Å². The Labute approximate surface area is 199 Å². The maximum Gasteiger partial charge on any atom is 0.433 e. The number of methoxy groups -OCH3 is 1. The molecule has 35 heavy (non-hydrogen) atoms. The second kappa shape index (κ2) is 8.94. The maximum absolute atomic E-state index is 13.8. The highest BCUT2D eigenvalue weighted by atomic mass is 19.4. The van der Waals surface area contributed by atoms with E-state index in [1.54, 1.807) is 42.3 Å². The van der Waals surface area contributed by atoms with E-state index in [1.165, 1.54) is 6.20 Å². The number of hydrogen-bond donors (Lipinski definition) is 0. The van der Waals surface area contributed by atoms with Crippen LogP contribution in [-0.4, -0.2) is 58.7 Å². The molecule has 2 aromatic carbocycles. The van der Waals surface area contributed by atoms with Crippen molar-refractivity contribution in [3.8, 4) is 17.0 Å². The molecule has 1 fully saturated rings. The lowest BCUT2D eigenvalue weighted by atomic mass is 10.1. The summed E-state index contributed by atoms with van der Waals surface area (Å²) < 4.78 is 47.7. The molecule has 7 nitrogen and oxygen atoms in total. The highest BCUT2D eigenvalue weighted by molar-refractivity contribution is 6.00. The number of halogens is 3. The van der Waals surface area contributed by atoms with E-state index in [4.69, 9.17) is 4.74 Å². The number of piperazine rings is 1. The second-order valence-electron chi connectivity index (χ2n) is 8.14. The number of carbonyl (C=O) groups excluding carboxylic acids is 1. The van der Waals surface area contributed by atoms with Crippen molar-refractivity contribution in [2.45, 2.75) is 6.18 Å². The quantitative estimate of drug-likeness (QED) is 0.433. The molecule has 1 aliphatic heterocycles. The Balaban J connectivity index is 1.46. The molecule has 0 atom stereocenters. The first-order chi connectivity index (χ1) is 16.9. The molecule has 0 aliphatic carbocycles. The number of aromatic nitrogens is 3. The van der Waals surface area contributed by atoms with Crippen molar-refractivity contribution in [1.29, 1.82) is 0 Å². The third kappa shape index (κ3) is 4.27. The van der Waals surface area contributed by atoms with Crippen LogP contribution in [0, 0.1) is 0 Å². The molecule has 2 aromatic heterocycles. The average molecular weight is 481 g/mol. The predicted octanol–water partition coefficient (Wildman–Crippen LogP) is 4.39. The summed E-state index contributed by atoms with van der Waals surface area (Å²) in [6, 6.07) is 17.1. The number of para-hydroxylation sites is 2. The Hall–Kier alpha value is -4.08. The number of nitrogens with zero attached hydrogens (tertiary/aromatic N) is 5. The van der Waals surface area contributed by atoms with Crippen LogP contribution in [-0.2, 0) is 6.18 Å². The molecule has 0 N–H and O–H groups in total. The van der Waals surface area contributed by atoms with E-state index in [9.17, 15) is 18.0 Å². The van der Waals surface area contributed by atoms with E-state index in [2.05, 4.69) is 15.0 Å². The first-order valence-corrected chi connectivity index (χ1v) is 11.1. The minimum Gasteiger partial charge on any atom is -0.495 e. The fourth-order valence-electron chi connectivity index (χ4n) is 4.28. The van der Waals surface area contributed by atoms with Gasteiger partial charge in [-0.05, 0) is 18.2 Å². The van der Waals surface area contributed by atoms with Crippen molar-refractivity contribution in [1.82, 2.24) is 19.5 Å². The summed E-state index contributed by atoms with van der Waals surface area (Å²) in [5.41, 5.74) is 0.518. The van der Waals surface area contributed by atoms with Gasteiger partial charge < -0.3 is 14.5 Å². The lowest BCUT2D eigenvalue weighted by Gasteiger charge is -2.36. The van der Waals surface area contributed by atoms with Gasteiger partial charge in [0.05, 0.1) is 24.7 Å². The van der Waals surface area contributed by atoms with Crippen LogP contribution in [0.4, 0.5) is 18.9 Å². The minimum atomic E-state index is -4.67. The molecule has 5 rings (SSSR count). The van der Waals surface area contributed by atoms with Gasteiger partial charge in [0.15, 0.2) is 11.3 Å². The molecule has 0 radical (unpaired) electrons. The molecule has 0 bridgehead atoms. The smallest absolute Gasteiger partial charge is 0.433 e. The van der Waals surface area contributed by atoms with Crippen LogP contribution in [0.3, 0.4) is 0 Å². The number of amides is 1. The molecule has 1 amide bonds. The zero-order chi connectivity index (χ0) is 24.6. The molecular weight excluding hydrogens is 459 g/mol. The van der Waals surface area contributed by atoms with Gasteiger partial charge in [-0.15, -0.1) is 0 Å². The maximum atomic E-state index is 13.8. The summed E-state index contributed by atoms with van der Waals surface area (Å²) in [5, 5.41) is 3.88. The molecule has 1 aliphatic rings. The van der Waals surface area contributed by atoms with Crippen molar-refractivity contribution >= 4 is 17.2 Å². The average Bonchev–Trinajstić information content (AvgIpc) is 3.31. The number of hydrogen-bond acceptors (Lipinski definition) is 5. The molecular formula is C25H22F3N5O2. The van der Waals surface area contributed by atoms with Gasteiger partial charge >= 0.3 is 6.18 Å². The third-order valence-electron chi connectivity index (χ3n) is 6.05. The lowest BCUT2D eigenvalue weighted by Crippen LogP contribution is -2.48. The van der Waals surface area contributed by atoms with Crippen LogP contribution in [0.15, 0.2) is 66.9 Å². The summed E-state index contributed by atoms with van der Waals surface area (Å²) in [6.45, 7) is 1.92. The minimum absolute atomic E-state index is 0.0408. The highest BCUT2D eigenvalue weighted by Crippen LogP contribution is 2.33. The molecule has 10 heteroatoms. The van der Waals surface area contributed by atoms with Gasteiger partial charge in [0.25, 0.3) is 5.91 Å². The number of rotatable bonds is 4. The van der Waals surface area contributed by atoms with Crippen LogP contribution in [0.2, 0.25) is 0 Å². The molecule has 180 valence electrons. The van der Waals surface area contributed by atoms with Crippen molar-refractivity contribution in [2.75, 3.05) is 38.2 Å². The summed E-state index contributed by atoms with van der Waals surface area (Å²) in [5.74, 6) is 0.345. The summed E-state index contributed by atoms with van der Waals surface area (Å²) >= 11 is 0. The lowest BCUT2D eigenvalue weighted by molar-refractivity contribution is -0.142. The van der Waals surface area contributed by atoms with E-state index < -0.39 is 17.8 Å². The summed E-state index contributed by atoms with van der Waals surface area (Å²) in [6.07, 6.45) is -3.50. The normalized spacial score (nSPS) is 14.4. The van der Waals surface area contributed by atoms with E-state index >= 15 is 0 Å². The Bertz CT molecular complexity index is 1360. The zero-order valence-electron chi connectivity index (χ0n) is 18.9. The van der Waals surface area contributed by atoms with Crippen LogP contribution < -0.4 is 9.64 Å². The first-order valence-electron chi connectivity index (χ1n) is 11.1. The fourth-order valence-corrected chi connectivity index (χ4v) is 4.28. The molecule has 4 aromatic rings. The van der Waals surface area contributed by atoms with E-state index in [0.29, 0.717) is 36.3 Å². The first kappa shape index (κ1) is 22.7. The SMILES string of the molecule is COc1ccccc1N1CCN(C(=O)c2cnn3c(C(F)(F)F)cc(-c4ccccc4)nc23)CC1.